The molecule has 0 unspecified atom stereocenters. The number of likely N-dealkylation sites (tertiary alicyclic amines) is 1. The largest absolute Gasteiger partial charge is 0.387 e. The molecule has 2 heterocycles. The summed E-state index contributed by atoms with van der Waals surface area (Å²) in [6, 6.07) is 4.53. The molecule has 0 amide bonds. The van der Waals surface area contributed by atoms with Crippen LogP contribution < -0.4 is 10.6 Å². The maximum Gasteiger partial charge on any atom is 0.111 e. The quantitative estimate of drug-likeness (QED) is 0.804. The number of aliphatic imine (C=N–C) groups is 1. The second-order valence-electron chi connectivity index (χ2n) is 8.59. The third kappa shape index (κ3) is 2.37. The standard InChI is InChI=1S/C22H28N4/c1-23-18-14-17-19(25-20(24-2)22(17)6-4-7-22)13-16(18)5-3-11-26-12-10-21(15-26)8-9-21/h13-14,23H,4,6-12,15H2,1-2H3,(H,24,25). The highest BCUT2D eigenvalue weighted by atomic mass is 15.2. The maximum atomic E-state index is 4.54. The summed E-state index contributed by atoms with van der Waals surface area (Å²) in [5.41, 5.74) is 5.65. The van der Waals surface area contributed by atoms with E-state index in [2.05, 4.69) is 44.5 Å². The molecule has 26 heavy (non-hydrogen) atoms. The molecule has 3 fully saturated rings. The molecule has 0 aromatic heterocycles. The zero-order valence-electron chi connectivity index (χ0n) is 15.9. The highest BCUT2D eigenvalue weighted by Gasteiger charge is 2.49. The van der Waals surface area contributed by atoms with E-state index in [4.69, 9.17) is 0 Å². The van der Waals surface area contributed by atoms with E-state index in [1.807, 2.05) is 14.1 Å². The van der Waals surface area contributed by atoms with Crippen molar-refractivity contribution in [3.63, 3.8) is 0 Å². The first-order chi connectivity index (χ1) is 12.7. The van der Waals surface area contributed by atoms with E-state index in [-0.39, 0.29) is 5.41 Å². The van der Waals surface area contributed by atoms with Crippen LogP contribution in [0.25, 0.3) is 0 Å². The Morgan fingerprint density at radius 3 is 2.69 bits per heavy atom. The molecule has 1 aromatic rings. The van der Waals surface area contributed by atoms with Crippen LogP contribution in [0.3, 0.4) is 0 Å². The smallest absolute Gasteiger partial charge is 0.111 e. The number of rotatable bonds is 2. The number of fused-ring (bicyclic) bond motifs is 2. The van der Waals surface area contributed by atoms with Crippen LogP contribution in [-0.4, -0.2) is 44.5 Å². The van der Waals surface area contributed by atoms with Gasteiger partial charge in [-0.1, -0.05) is 18.3 Å². The summed E-state index contributed by atoms with van der Waals surface area (Å²) in [5, 5.41) is 6.93. The van der Waals surface area contributed by atoms with Gasteiger partial charge in [-0.05, 0) is 61.8 Å². The Kier molecular flexibility index (Phi) is 3.59. The Balaban J connectivity index is 1.40. The van der Waals surface area contributed by atoms with Crippen LogP contribution in [0.4, 0.5) is 11.4 Å². The van der Waals surface area contributed by atoms with Gasteiger partial charge in [0.2, 0.25) is 0 Å². The molecule has 5 rings (SSSR count). The zero-order chi connectivity index (χ0) is 17.8. The number of nitrogens with one attached hydrogen (secondary N) is 2. The Bertz CT molecular complexity index is 834. The van der Waals surface area contributed by atoms with Crippen molar-refractivity contribution in [2.24, 2.45) is 10.4 Å². The van der Waals surface area contributed by atoms with Gasteiger partial charge in [0.05, 0.1) is 17.6 Å². The molecule has 2 aliphatic carbocycles. The van der Waals surface area contributed by atoms with Crippen molar-refractivity contribution in [3.8, 4) is 11.8 Å². The van der Waals surface area contributed by atoms with Gasteiger partial charge < -0.3 is 10.6 Å². The van der Waals surface area contributed by atoms with E-state index >= 15 is 0 Å². The number of benzene rings is 1. The summed E-state index contributed by atoms with van der Waals surface area (Å²) < 4.78 is 0. The van der Waals surface area contributed by atoms with Gasteiger partial charge in [-0.2, -0.15) is 0 Å². The molecule has 136 valence electrons. The Morgan fingerprint density at radius 1 is 1.23 bits per heavy atom. The molecule has 1 saturated heterocycles. The van der Waals surface area contributed by atoms with Gasteiger partial charge in [-0.25, -0.2) is 0 Å². The molecule has 2 spiro atoms. The number of hydrogen-bond donors (Lipinski definition) is 2. The van der Waals surface area contributed by atoms with E-state index < -0.39 is 0 Å². The van der Waals surface area contributed by atoms with Gasteiger partial charge in [0, 0.05) is 31.9 Å². The van der Waals surface area contributed by atoms with Gasteiger partial charge in [0.1, 0.15) is 5.84 Å². The first kappa shape index (κ1) is 16.2. The third-order valence-electron chi connectivity index (χ3n) is 7.08. The lowest BCUT2D eigenvalue weighted by atomic mass is 9.64. The van der Waals surface area contributed by atoms with Crippen molar-refractivity contribution < 1.29 is 0 Å². The molecule has 0 atom stereocenters. The van der Waals surface area contributed by atoms with Crippen molar-refractivity contribution in [3.05, 3.63) is 23.3 Å². The lowest BCUT2D eigenvalue weighted by Gasteiger charge is -2.38. The maximum absolute atomic E-state index is 4.54. The molecular formula is C22H28N4. The molecule has 4 aliphatic rings. The first-order valence-electron chi connectivity index (χ1n) is 10.00. The number of anilines is 2. The van der Waals surface area contributed by atoms with Crippen LogP contribution in [0, 0.1) is 17.3 Å². The lowest BCUT2D eigenvalue weighted by Crippen LogP contribution is -2.41. The topological polar surface area (TPSA) is 39.7 Å². The average molecular weight is 348 g/mol. The fourth-order valence-corrected chi connectivity index (χ4v) is 5.08. The fraction of sp³-hybridized carbons (Fsp3) is 0.591. The van der Waals surface area contributed by atoms with Gasteiger partial charge in [-0.3, -0.25) is 9.89 Å². The normalized spacial score (nSPS) is 25.5. The highest BCUT2D eigenvalue weighted by molar-refractivity contribution is 6.11. The second-order valence-corrected chi connectivity index (χ2v) is 8.59. The Hall–Kier alpha value is -1.99. The monoisotopic (exact) mass is 348 g/mol. The molecule has 4 heteroatoms. The predicted molar refractivity (Wildman–Crippen MR) is 108 cm³/mol. The predicted octanol–water partition coefficient (Wildman–Crippen LogP) is 3.44. The minimum Gasteiger partial charge on any atom is -0.387 e. The van der Waals surface area contributed by atoms with Crippen molar-refractivity contribution in [2.75, 3.05) is 44.4 Å². The van der Waals surface area contributed by atoms with Crippen LogP contribution in [0.1, 0.15) is 49.7 Å². The van der Waals surface area contributed by atoms with Crippen LogP contribution in [0.15, 0.2) is 17.1 Å². The summed E-state index contributed by atoms with van der Waals surface area (Å²) in [5.74, 6) is 7.99. The number of nitrogens with zero attached hydrogens (tertiary/aromatic N) is 2. The van der Waals surface area contributed by atoms with Gasteiger partial charge in [0.15, 0.2) is 0 Å². The first-order valence-corrected chi connectivity index (χ1v) is 10.00. The summed E-state index contributed by atoms with van der Waals surface area (Å²) in [4.78, 5) is 7.06. The molecule has 4 nitrogen and oxygen atoms in total. The fourth-order valence-electron chi connectivity index (χ4n) is 5.08. The average Bonchev–Trinajstić information content (AvgIpc) is 3.11. The Morgan fingerprint density at radius 2 is 2.08 bits per heavy atom. The lowest BCUT2D eigenvalue weighted by molar-refractivity contribution is 0.347. The molecule has 2 N–H and O–H groups in total. The molecule has 2 saturated carbocycles. The van der Waals surface area contributed by atoms with Gasteiger partial charge >= 0.3 is 0 Å². The van der Waals surface area contributed by atoms with Crippen molar-refractivity contribution in [2.45, 2.75) is 43.9 Å². The van der Waals surface area contributed by atoms with E-state index in [1.54, 1.807) is 0 Å². The summed E-state index contributed by atoms with van der Waals surface area (Å²) in [6.45, 7) is 3.37. The molecule has 0 bridgehead atoms. The van der Waals surface area contributed by atoms with E-state index in [0.717, 1.165) is 23.6 Å². The number of amidine groups is 1. The molecule has 1 aromatic carbocycles. The van der Waals surface area contributed by atoms with E-state index in [9.17, 15) is 0 Å². The van der Waals surface area contributed by atoms with Crippen LogP contribution in [0.2, 0.25) is 0 Å². The van der Waals surface area contributed by atoms with E-state index in [1.165, 1.54) is 62.9 Å². The summed E-state index contributed by atoms with van der Waals surface area (Å²) in [7, 11) is 3.89. The van der Waals surface area contributed by atoms with Crippen LogP contribution in [0.5, 0.6) is 0 Å². The molecule has 0 radical (unpaired) electrons. The van der Waals surface area contributed by atoms with Crippen molar-refractivity contribution in [1.82, 2.24) is 4.90 Å². The SMILES string of the molecule is CN=C1Nc2cc(C#CCN3CCC4(CC4)C3)c(NC)cc2C12CCC2. The minimum atomic E-state index is 0.135. The third-order valence-corrected chi connectivity index (χ3v) is 7.08. The highest BCUT2D eigenvalue weighted by Crippen LogP contribution is 2.53. The zero-order valence-corrected chi connectivity index (χ0v) is 15.9. The van der Waals surface area contributed by atoms with Crippen molar-refractivity contribution in [1.29, 1.82) is 0 Å². The minimum absolute atomic E-state index is 0.135. The van der Waals surface area contributed by atoms with E-state index in [0.29, 0.717) is 5.41 Å². The van der Waals surface area contributed by atoms with Crippen molar-refractivity contribution >= 4 is 17.2 Å². The molecular weight excluding hydrogens is 320 g/mol. The van der Waals surface area contributed by atoms with Gasteiger partial charge in [-0.15, -0.1) is 0 Å². The second kappa shape index (κ2) is 5.76. The molecule has 2 aliphatic heterocycles. The Labute approximate surface area is 156 Å². The summed E-state index contributed by atoms with van der Waals surface area (Å²) in [6.07, 6.45) is 7.92. The van der Waals surface area contributed by atoms with Crippen LogP contribution in [-0.2, 0) is 5.41 Å². The van der Waals surface area contributed by atoms with Gasteiger partial charge in [0.25, 0.3) is 0 Å². The van der Waals surface area contributed by atoms with Crippen LogP contribution >= 0.6 is 0 Å². The summed E-state index contributed by atoms with van der Waals surface area (Å²) >= 11 is 0. The number of hydrogen-bond acceptors (Lipinski definition) is 3.